The van der Waals surface area contributed by atoms with Gasteiger partial charge in [0.25, 0.3) is 0 Å². The summed E-state index contributed by atoms with van der Waals surface area (Å²) in [4.78, 5) is 39.7. The van der Waals surface area contributed by atoms with Gasteiger partial charge >= 0.3 is 12.1 Å². The molecule has 0 aromatic heterocycles. The smallest absolute Gasteiger partial charge is 0.408 e. The number of hydrogen-bond donors (Lipinski definition) is 1. The molecule has 0 heterocycles. The number of ketones is 1. The zero-order valence-electron chi connectivity index (χ0n) is 32.6. The highest BCUT2D eigenvalue weighted by atomic mass is 16.6. The maximum Gasteiger partial charge on any atom is 0.408 e. The summed E-state index contributed by atoms with van der Waals surface area (Å²) in [6.45, 7) is 25.1. The number of alkyl carbamates (subject to hydrolysis) is 1. The molecule has 0 aromatic carbocycles. The van der Waals surface area contributed by atoms with Gasteiger partial charge in [-0.15, -0.1) is 0 Å². The van der Waals surface area contributed by atoms with E-state index in [1.807, 2.05) is 27.7 Å². The molecule has 6 rings (SSSR count). The van der Waals surface area contributed by atoms with Gasteiger partial charge in [-0.1, -0.05) is 60.6 Å². The standard InChI is InChI=1S/C43H65NO5/c1-12-48-36(46)28-15-13-27(14-16-28)29-19-21-40(9)32(39(29,7)8)20-22-42(11)33(40)18-17-30-35-34(26(2)3)31(45)25-43(35,24-23-41(30,42)10)44-37(47)49-38(4,5)6/h13,19,26,28,30,32-33H,12,14-18,20-25H2,1-11H3,(H,44,47)/t28?,30-,32+,33-,40+,41-,42-,43-/m1/s1. The first-order valence-corrected chi connectivity index (χ1v) is 19.6. The third-order valence-corrected chi connectivity index (χ3v) is 15.1. The van der Waals surface area contributed by atoms with Crippen LogP contribution in [0.5, 0.6) is 0 Å². The highest BCUT2D eigenvalue weighted by Gasteiger charge is 2.69. The van der Waals surface area contributed by atoms with E-state index in [1.54, 1.807) is 0 Å². The van der Waals surface area contributed by atoms with Crippen molar-refractivity contribution in [3.8, 4) is 0 Å². The Morgan fingerprint density at radius 2 is 1.65 bits per heavy atom. The Morgan fingerprint density at radius 3 is 2.27 bits per heavy atom. The lowest BCUT2D eigenvalue weighted by molar-refractivity contribution is -0.196. The molecule has 1 unspecified atom stereocenters. The molecule has 0 saturated heterocycles. The van der Waals surface area contributed by atoms with Gasteiger partial charge in [-0.25, -0.2) is 4.79 Å². The van der Waals surface area contributed by atoms with Gasteiger partial charge < -0.3 is 14.8 Å². The van der Waals surface area contributed by atoms with Crippen LogP contribution in [0, 0.1) is 51.2 Å². The number of ether oxygens (including phenoxy) is 2. The number of rotatable bonds is 5. The Balaban J connectivity index is 1.32. The number of fused-ring (bicyclic) bond motifs is 7. The Kier molecular flexibility index (Phi) is 9.00. The summed E-state index contributed by atoms with van der Waals surface area (Å²) in [5.41, 5.74) is 4.35. The van der Waals surface area contributed by atoms with Crippen molar-refractivity contribution >= 4 is 17.8 Å². The van der Waals surface area contributed by atoms with E-state index in [-0.39, 0.29) is 51.2 Å². The molecule has 6 aliphatic rings. The molecule has 0 spiro atoms. The second-order valence-corrected chi connectivity index (χ2v) is 19.4. The van der Waals surface area contributed by atoms with Gasteiger partial charge in [-0.3, -0.25) is 9.59 Å². The highest BCUT2D eigenvalue weighted by molar-refractivity contribution is 6.02. The van der Waals surface area contributed by atoms with Crippen LogP contribution in [0.1, 0.15) is 147 Å². The molecule has 0 bridgehead atoms. The molecule has 3 fully saturated rings. The summed E-state index contributed by atoms with van der Waals surface area (Å²) in [5, 5.41) is 3.34. The monoisotopic (exact) mass is 675 g/mol. The average molecular weight is 676 g/mol. The van der Waals surface area contributed by atoms with Crippen molar-refractivity contribution in [2.24, 2.45) is 51.2 Å². The van der Waals surface area contributed by atoms with E-state index in [4.69, 9.17) is 9.47 Å². The molecule has 6 aliphatic carbocycles. The number of allylic oxidation sites excluding steroid dienone is 5. The van der Waals surface area contributed by atoms with Gasteiger partial charge in [0, 0.05) is 6.42 Å². The van der Waals surface area contributed by atoms with Crippen LogP contribution in [0.4, 0.5) is 4.79 Å². The second-order valence-electron chi connectivity index (χ2n) is 19.4. The summed E-state index contributed by atoms with van der Waals surface area (Å²) in [5.74, 6) is 1.71. The second kappa shape index (κ2) is 12.1. The summed E-state index contributed by atoms with van der Waals surface area (Å²) in [7, 11) is 0. The van der Waals surface area contributed by atoms with E-state index in [0.717, 1.165) is 56.9 Å². The fraction of sp³-hybridized carbons (Fsp3) is 0.791. The molecule has 1 N–H and O–H groups in total. The predicted molar refractivity (Wildman–Crippen MR) is 195 cm³/mol. The molecular formula is C43H65NO5. The zero-order valence-corrected chi connectivity index (χ0v) is 32.6. The Morgan fingerprint density at radius 1 is 0.939 bits per heavy atom. The minimum atomic E-state index is -0.641. The van der Waals surface area contributed by atoms with Crippen LogP contribution in [-0.2, 0) is 19.1 Å². The lowest BCUT2D eigenvalue weighted by atomic mass is 9.33. The number of amides is 1. The lowest BCUT2D eigenvalue weighted by Gasteiger charge is -2.71. The molecule has 6 nitrogen and oxygen atoms in total. The molecule has 8 atom stereocenters. The lowest BCUT2D eigenvalue weighted by Crippen LogP contribution is -2.66. The Labute approximate surface area is 296 Å². The van der Waals surface area contributed by atoms with Crippen molar-refractivity contribution in [2.75, 3.05) is 6.61 Å². The molecule has 272 valence electrons. The molecule has 3 saturated carbocycles. The van der Waals surface area contributed by atoms with Gasteiger partial charge in [0.1, 0.15) is 5.60 Å². The number of nitrogens with one attached hydrogen (secondary N) is 1. The predicted octanol–water partition coefficient (Wildman–Crippen LogP) is 10.1. The van der Waals surface area contributed by atoms with Crippen LogP contribution in [-0.4, -0.2) is 35.6 Å². The first-order chi connectivity index (χ1) is 22.7. The van der Waals surface area contributed by atoms with Gasteiger partial charge in [-0.05, 0) is 160 Å². The number of carbonyl (C=O) groups excluding carboxylic acids is 3. The van der Waals surface area contributed by atoms with Crippen LogP contribution in [0.2, 0.25) is 0 Å². The number of Topliss-reactive ketones (excluding diaryl/α,β-unsaturated/α-hetero) is 1. The largest absolute Gasteiger partial charge is 0.466 e. The van der Waals surface area contributed by atoms with Crippen LogP contribution in [0.25, 0.3) is 0 Å². The minimum absolute atomic E-state index is 0.0114. The van der Waals surface area contributed by atoms with Gasteiger partial charge in [-0.2, -0.15) is 0 Å². The Bertz CT molecular complexity index is 1490. The van der Waals surface area contributed by atoms with E-state index >= 15 is 0 Å². The average Bonchev–Trinajstić information content (AvgIpc) is 3.28. The van der Waals surface area contributed by atoms with E-state index in [0.29, 0.717) is 24.9 Å². The minimum Gasteiger partial charge on any atom is -0.466 e. The van der Waals surface area contributed by atoms with E-state index in [9.17, 15) is 14.4 Å². The molecule has 0 aromatic rings. The van der Waals surface area contributed by atoms with E-state index in [2.05, 4.69) is 65.9 Å². The highest BCUT2D eigenvalue weighted by Crippen LogP contribution is 2.76. The van der Waals surface area contributed by atoms with E-state index in [1.165, 1.54) is 29.6 Å². The van der Waals surface area contributed by atoms with Crippen molar-refractivity contribution < 1.29 is 23.9 Å². The maximum absolute atomic E-state index is 13.9. The van der Waals surface area contributed by atoms with Crippen LogP contribution < -0.4 is 5.32 Å². The fourth-order valence-corrected chi connectivity index (χ4v) is 13.0. The van der Waals surface area contributed by atoms with Crippen molar-refractivity contribution in [1.29, 1.82) is 0 Å². The first-order valence-electron chi connectivity index (χ1n) is 19.6. The maximum atomic E-state index is 13.9. The third kappa shape index (κ3) is 5.59. The van der Waals surface area contributed by atoms with Crippen molar-refractivity contribution in [3.63, 3.8) is 0 Å². The van der Waals surface area contributed by atoms with Gasteiger partial charge in [0.2, 0.25) is 0 Å². The molecule has 0 radical (unpaired) electrons. The normalized spacial score (nSPS) is 40.0. The third-order valence-electron chi connectivity index (χ3n) is 15.1. The molecule has 6 heteroatoms. The zero-order chi connectivity index (χ0) is 35.9. The number of esters is 1. The first kappa shape index (κ1) is 36.4. The summed E-state index contributed by atoms with van der Waals surface area (Å²) in [6.07, 6.45) is 15.0. The van der Waals surface area contributed by atoms with Crippen LogP contribution in [0.15, 0.2) is 34.4 Å². The molecule has 49 heavy (non-hydrogen) atoms. The van der Waals surface area contributed by atoms with Crippen molar-refractivity contribution in [3.05, 3.63) is 34.4 Å². The summed E-state index contributed by atoms with van der Waals surface area (Å²) < 4.78 is 11.1. The summed E-state index contributed by atoms with van der Waals surface area (Å²) >= 11 is 0. The quantitative estimate of drug-likeness (QED) is 0.293. The SMILES string of the molecule is CCOC(=O)C1CC=C(C2=CC[C@]3(C)[C@H]4CC[C@@H]5C6=C(C(C)C)C(=O)C[C@]6(NC(=O)OC(C)(C)C)CC[C@@]5(C)[C@]4(C)CC[C@H]3C2(C)C)CC1. The van der Waals surface area contributed by atoms with Crippen molar-refractivity contribution in [2.45, 2.75) is 158 Å². The molecular weight excluding hydrogens is 610 g/mol. The molecule has 0 aliphatic heterocycles. The molecule has 1 amide bonds. The fourth-order valence-electron chi connectivity index (χ4n) is 13.0. The van der Waals surface area contributed by atoms with Crippen LogP contribution >= 0.6 is 0 Å². The van der Waals surface area contributed by atoms with Gasteiger partial charge in [0.05, 0.1) is 18.1 Å². The number of carbonyl (C=O) groups is 3. The Hall–Kier alpha value is -2.37. The van der Waals surface area contributed by atoms with Crippen molar-refractivity contribution in [1.82, 2.24) is 5.32 Å². The topological polar surface area (TPSA) is 81.7 Å². The number of hydrogen-bond acceptors (Lipinski definition) is 5. The summed E-state index contributed by atoms with van der Waals surface area (Å²) in [6, 6.07) is 0. The van der Waals surface area contributed by atoms with Gasteiger partial charge in [0.15, 0.2) is 5.78 Å². The van der Waals surface area contributed by atoms with Crippen LogP contribution in [0.3, 0.4) is 0 Å². The van der Waals surface area contributed by atoms with E-state index < -0.39 is 17.2 Å².